The van der Waals surface area contributed by atoms with Gasteiger partial charge in [0, 0.05) is 0 Å². The average Bonchev–Trinajstić information content (AvgIpc) is 2.24. The van der Waals surface area contributed by atoms with Gasteiger partial charge in [0.15, 0.2) is 0 Å². The van der Waals surface area contributed by atoms with Gasteiger partial charge in [0.05, 0.1) is 24.9 Å². The monoisotopic (exact) mass is 229 g/mol. The zero-order valence-electron chi connectivity index (χ0n) is 8.56. The molecule has 0 unspecified atom stereocenters. The largest absolute Gasteiger partial charge is 0.495 e. The second-order valence-corrected chi connectivity index (χ2v) is 2.97. The third-order valence-corrected chi connectivity index (χ3v) is 1.91. The molecule has 0 heterocycles. The first-order chi connectivity index (χ1) is 7.49. The molecule has 2 nitrogen and oxygen atoms in total. The number of anilines is 1. The molecule has 0 aromatic heterocycles. The SMILES string of the molecule is C#CCNc1ccc(C(F)(F)F)cc1OC. The fraction of sp³-hybridized carbons (Fsp3) is 0.273. The van der Waals surface area contributed by atoms with Gasteiger partial charge in [-0.3, -0.25) is 0 Å². The Morgan fingerprint density at radius 2 is 2.12 bits per heavy atom. The van der Waals surface area contributed by atoms with Crippen molar-refractivity contribution in [2.24, 2.45) is 0 Å². The van der Waals surface area contributed by atoms with Gasteiger partial charge in [-0.05, 0) is 18.2 Å². The molecule has 1 N–H and O–H groups in total. The fourth-order valence-electron chi connectivity index (χ4n) is 1.16. The van der Waals surface area contributed by atoms with Crippen LogP contribution in [0.4, 0.5) is 18.9 Å². The van der Waals surface area contributed by atoms with Gasteiger partial charge in [0.25, 0.3) is 0 Å². The lowest BCUT2D eigenvalue weighted by Gasteiger charge is -2.12. The van der Waals surface area contributed by atoms with Crippen molar-refractivity contribution in [3.63, 3.8) is 0 Å². The lowest BCUT2D eigenvalue weighted by atomic mass is 10.2. The second-order valence-electron chi connectivity index (χ2n) is 2.97. The van der Waals surface area contributed by atoms with E-state index in [4.69, 9.17) is 11.2 Å². The molecule has 0 amide bonds. The first kappa shape index (κ1) is 12.2. The van der Waals surface area contributed by atoms with Gasteiger partial charge in [-0.25, -0.2) is 0 Å². The predicted octanol–water partition coefficient (Wildman–Crippen LogP) is 2.76. The molecule has 0 radical (unpaired) electrons. The number of halogens is 3. The summed E-state index contributed by atoms with van der Waals surface area (Å²) in [5, 5.41) is 2.76. The highest BCUT2D eigenvalue weighted by Crippen LogP contribution is 2.34. The van der Waals surface area contributed by atoms with Crippen LogP contribution in [0.25, 0.3) is 0 Å². The van der Waals surface area contributed by atoms with Crippen LogP contribution in [0.2, 0.25) is 0 Å². The van der Waals surface area contributed by atoms with Crippen molar-refractivity contribution in [1.29, 1.82) is 0 Å². The minimum atomic E-state index is -4.38. The van der Waals surface area contributed by atoms with Gasteiger partial charge < -0.3 is 10.1 Å². The molecule has 0 bridgehead atoms. The number of benzene rings is 1. The Morgan fingerprint density at radius 1 is 1.44 bits per heavy atom. The van der Waals surface area contributed by atoms with Crippen molar-refractivity contribution in [2.45, 2.75) is 6.18 Å². The standard InChI is InChI=1S/C11H10F3NO/c1-3-6-15-9-5-4-8(11(12,13)14)7-10(9)16-2/h1,4-5,7,15H,6H2,2H3. The van der Waals surface area contributed by atoms with E-state index in [0.29, 0.717) is 5.69 Å². The molecule has 0 saturated carbocycles. The Balaban J connectivity index is 3.03. The van der Waals surface area contributed by atoms with Gasteiger partial charge in [0.1, 0.15) is 5.75 Å². The summed E-state index contributed by atoms with van der Waals surface area (Å²) in [6.45, 7) is 0.224. The van der Waals surface area contributed by atoms with E-state index in [-0.39, 0.29) is 12.3 Å². The topological polar surface area (TPSA) is 21.3 Å². The number of terminal acetylenes is 1. The van der Waals surface area contributed by atoms with Crippen molar-refractivity contribution in [1.82, 2.24) is 0 Å². The normalized spacial score (nSPS) is 10.7. The highest BCUT2D eigenvalue weighted by atomic mass is 19.4. The summed E-state index contributed by atoms with van der Waals surface area (Å²) in [4.78, 5) is 0. The molecular formula is C11H10F3NO. The quantitative estimate of drug-likeness (QED) is 0.805. The van der Waals surface area contributed by atoms with Crippen LogP contribution in [0, 0.1) is 12.3 Å². The van der Waals surface area contributed by atoms with E-state index < -0.39 is 11.7 Å². The molecular weight excluding hydrogens is 219 g/mol. The lowest BCUT2D eigenvalue weighted by molar-refractivity contribution is -0.137. The summed E-state index contributed by atoms with van der Waals surface area (Å²) in [5.74, 6) is 2.44. The summed E-state index contributed by atoms with van der Waals surface area (Å²) in [5.41, 5.74) is -0.316. The number of hydrogen-bond acceptors (Lipinski definition) is 2. The maximum atomic E-state index is 12.4. The summed E-state index contributed by atoms with van der Waals surface area (Å²) >= 11 is 0. The maximum absolute atomic E-state index is 12.4. The van der Waals surface area contributed by atoms with Crippen LogP contribution in [0.3, 0.4) is 0 Å². The molecule has 5 heteroatoms. The summed E-state index contributed by atoms with van der Waals surface area (Å²) in [6.07, 6.45) is 0.657. The van der Waals surface area contributed by atoms with E-state index in [9.17, 15) is 13.2 Å². The number of alkyl halides is 3. The van der Waals surface area contributed by atoms with Gasteiger partial charge >= 0.3 is 6.18 Å². The Kier molecular flexibility index (Phi) is 3.67. The zero-order chi connectivity index (χ0) is 12.2. The van der Waals surface area contributed by atoms with Gasteiger partial charge in [0.2, 0.25) is 0 Å². The number of nitrogens with one attached hydrogen (secondary N) is 1. The Labute approximate surface area is 91.4 Å². The van der Waals surface area contributed by atoms with Crippen LogP contribution in [-0.4, -0.2) is 13.7 Å². The fourth-order valence-corrected chi connectivity index (χ4v) is 1.16. The van der Waals surface area contributed by atoms with Crippen LogP contribution < -0.4 is 10.1 Å². The molecule has 1 rings (SSSR count). The third kappa shape index (κ3) is 2.83. The van der Waals surface area contributed by atoms with Crippen LogP contribution in [0.5, 0.6) is 5.75 Å². The van der Waals surface area contributed by atoms with E-state index in [0.717, 1.165) is 12.1 Å². The molecule has 1 aromatic rings. The van der Waals surface area contributed by atoms with Crippen molar-refractivity contribution in [3.05, 3.63) is 23.8 Å². The molecule has 1 aromatic carbocycles. The van der Waals surface area contributed by atoms with E-state index >= 15 is 0 Å². The minimum Gasteiger partial charge on any atom is -0.495 e. The van der Waals surface area contributed by atoms with Crippen LogP contribution in [0.1, 0.15) is 5.56 Å². The zero-order valence-corrected chi connectivity index (χ0v) is 8.56. The van der Waals surface area contributed by atoms with Crippen molar-refractivity contribution >= 4 is 5.69 Å². The van der Waals surface area contributed by atoms with Crippen LogP contribution in [0.15, 0.2) is 18.2 Å². The molecule has 0 fully saturated rings. The molecule has 16 heavy (non-hydrogen) atoms. The summed E-state index contributed by atoms with van der Waals surface area (Å²) in [6, 6.07) is 3.19. The second kappa shape index (κ2) is 4.79. The number of rotatable bonds is 3. The molecule has 0 aliphatic rings. The van der Waals surface area contributed by atoms with Gasteiger partial charge in [-0.1, -0.05) is 5.92 Å². The smallest absolute Gasteiger partial charge is 0.416 e. The molecule has 0 saturated heterocycles. The van der Waals surface area contributed by atoms with E-state index in [1.807, 2.05) is 0 Å². The van der Waals surface area contributed by atoms with E-state index in [2.05, 4.69) is 11.2 Å². The number of ether oxygens (including phenoxy) is 1. The first-order valence-corrected chi connectivity index (χ1v) is 4.41. The van der Waals surface area contributed by atoms with Crippen LogP contribution >= 0.6 is 0 Å². The van der Waals surface area contributed by atoms with Gasteiger partial charge in [-0.15, -0.1) is 6.42 Å². The lowest BCUT2D eigenvalue weighted by Crippen LogP contribution is -2.07. The van der Waals surface area contributed by atoms with Crippen molar-refractivity contribution in [3.8, 4) is 18.1 Å². The average molecular weight is 229 g/mol. The molecule has 0 spiro atoms. The molecule has 86 valence electrons. The summed E-state index contributed by atoms with van der Waals surface area (Å²) < 4.78 is 42.0. The highest BCUT2D eigenvalue weighted by Gasteiger charge is 2.31. The van der Waals surface area contributed by atoms with Crippen molar-refractivity contribution in [2.75, 3.05) is 19.0 Å². The Hall–Kier alpha value is -1.83. The maximum Gasteiger partial charge on any atom is 0.416 e. The Bertz CT molecular complexity index is 407. The predicted molar refractivity (Wildman–Crippen MR) is 55.3 cm³/mol. The minimum absolute atomic E-state index is 0.116. The molecule has 0 aliphatic carbocycles. The molecule has 0 aliphatic heterocycles. The first-order valence-electron chi connectivity index (χ1n) is 4.41. The van der Waals surface area contributed by atoms with Crippen LogP contribution in [-0.2, 0) is 6.18 Å². The molecule has 0 atom stereocenters. The van der Waals surface area contributed by atoms with E-state index in [1.165, 1.54) is 13.2 Å². The Morgan fingerprint density at radius 3 is 2.62 bits per heavy atom. The van der Waals surface area contributed by atoms with E-state index in [1.54, 1.807) is 0 Å². The van der Waals surface area contributed by atoms with Crippen molar-refractivity contribution < 1.29 is 17.9 Å². The third-order valence-electron chi connectivity index (χ3n) is 1.91. The van der Waals surface area contributed by atoms with Gasteiger partial charge in [-0.2, -0.15) is 13.2 Å². The number of methoxy groups -OCH3 is 1. The number of hydrogen-bond donors (Lipinski definition) is 1. The highest BCUT2D eigenvalue weighted by molar-refractivity contribution is 5.58. The summed E-state index contributed by atoms with van der Waals surface area (Å²) in [7, 11) is 1.30.